The van der Waals surface area contributed by atoms with Crippen LogP contribution < -0.4 is 5.32 Å². The fourth-order valence-electron chi connectivity index (χ4n) is 2.08. The number of hydrogen-bond donors (Lipinski definition) is 2. The lowest BCUT2D eigenvalue weighted by molar-refractivity contribution is 0.0302. The van der Waals surface area contributed by atoms with Gasteiger partial charge in [0, 0.05) is 32.2 Å². The Morgan fingerprint density at radius 3 is 3.18 bits per heavy atom. The Bertz CT molecular complexity index is 140. The normalized spacial score (nSPS) is 40.1. The van der Waals surface area contributed by atoms with Gasteiger partial charge < -0.3 is 10.4 Å². The van der Waals surface area contributed by atoms with E-state index >= 15 is 0 Å². The van der Waals surface area contributed by atoms with Gasteiger partial charge in [0.15, 0.2) is 0 Å². The maximum absolute atomic E-state index is 9.39. The molecule has 2 heterocycles. The van der Waals surface area contributed by atoms with Crippen molar-refractivity contribution in [1.82, 2.24) is 10.2 Å². The second kappa shape index (κ2) is 3.09. The maximum atomic E-state index is 9.39. The van der Waals surface area contributed by atoms with Crippen LogP contribution in [0.5, 0.6) is 0 Å². The lowest BCUT2D eigenvalue weighted by Gasteiger charge is -2.41. The summed E-state index contributed by atoms with van der Waals surface area (Å²) in [6, 6.07) is 0.604. The van der Waals surface area contributed by atoms with Crippen molar-refractivity contribution in [2.24, 2.45) is 0 Å². The van der Waals surface area contributed by atoms with Crippen LogP contribution in [0.15, 0.2) is 0 Å². The van der Waals surface area contributed by atoms with E-state index in [1.165, 1.54) is 0 Å². The molecular formula is C8H16N2O. The van der Waals surface area contributed by atoms with Crippen LogP contribution >= 0.6 is 0 Å². The van der Waals surface area contributed by atoms with Gasteiger partial charge in [-0.05, 0) is 12.8 Å². The van der Waals surface area contributed by atoms with E-state index in [1.807, 2.05) is 0 Å². The Balaban J connectivity index is 1.93. The third-order valence-electron chi connectivity index (χ3n) is 2.77. The average molecular weight is 156 g/mol. The highest BCUT2D eigenvalue weighted by molar-refractivity contribution is 4.86. The van der Waals surface area contributed by atoms with Crippen LogP contribution in [0.25, 0.3) is 0 Å². The molecule has 64 valence electrons. The topological polar surface area (TPSA) is 35.5 Å². The summed E-state index contributed by atoms with van der Waals surface area (Å²) in [5.41, 5.74) is 0. The molecule has 2 aliphatic heterocycles. The molecule has 0 saturated carbocycles. The smallest absolute Gasteiger partial charge is 0.0567 e. The summed E-state index contributed by atoms with van der Waals surface area (Å²) in [5, 5.41) is 12.7. The van der Waals surface area contributed by atoms with Gasteiger partial charge in [0.2, 0.25) is 0 Å². The minimum atomic E-state index is -0.0452. The van der Waals surface area contributed by atoms with Crippen molar-refractivity contribution in [2.75, 3.05) is 26.2 Å². The molecule has 0 aromatic heterocycles. The molecule has 2 atom stereocenters. The molecule has 3 heteroatoms. The Kier molecular flexibility index (Phi) is 2.11. The fourth-order valence-corrected chi connectivity index (χ4v) is 2.08. The van der Waals surface area contributed by atoms with Gasteiger partial charge >= 0.3 is 0 Å². The van der Waals surface area contributed by atoms with Crippen molar-refractivity contribution in [1.29, 1.82) is 0 Å². The number of aliphatic hydroxyl groups is 1. The summed E-state index contributed by atoms with van der Waals surface area (Å²) in [4.78, 5) is 2.49. The molecule has 0 unspecified atom stereocenters. The zero-order chi connectivity index (χ0) is 7.68. The molecule has 2 fully saturated rings. The molecule has 0 amide bonds. The molecule has 0 radical (unpaired) electrons. The zero-order valence-electron chi connectivity index (χ0n) is 6.79. The number of nitrogens with one attached hydrogen (secondary N) is 1. The van der Waals surface area contributed by atoms with Gasteiger partial charge in [0.05, 0.1) is 6.10 Å². The first-order chi connectivity index (χ1) is 5.36. The van der Waals surface area contributed by atoms with Crippen LogP contribution in [-0.4, -0.2) is 48.3 Å². The molecule has 0 bridgehead atoms. The molecule has 0 spiro atoms. The highest BCUT2D eigenvalue weighted by Gasteiger charge is 2.28. The van der Waals surface area contributed by atoms with Crippen molar-refractivity contribution in [2.45, 2.75) is 25.0 Å². The van der Waals surface area contributed by atoms with Crippen LogP contribution in [0.3, 0.4) is 0 Å². The first-order valence-electron chi connectivity index (χ1n) is 4.49. The van der Waals surface area contributed by atoms with Gasteiger partial charge in [-0.1, -0.05) is 0 Å². The number of piperazine rings is 1. The summed E-state index contributed by atoms with van der Waals surface area (Å²) >= 11 is 0. The minimum Gasteiger partial charge on any atom is -0.393 e. The maximum Gasteiger partial charge on any atom is 0.0567 e. The van der Waals surface area contributed by atoms with Crippen molar-refractivity contribution in [3.8, 4) is 0 Å². The predicted molar refractivity (Wildman–Crippen MR) is 43.5 cm³/mol. The van der Waals surface area contributed by atoms with Gasteiger partial charge in [-0.25, -0.2) is 0 Å². The first kappa shape index (κ1) is 7.53. The minimum absolute atomic E-state index is 0.0452. The van der Waals surface area contributed by atoms with E-state index in [9.17, 15) is 5.11 Å². The second-order valence-electron chi connectivity index (χ2n) is 3.57. The summed E-state index contributed by atoms with van der Waals surface area (Å²) in [6.45, 7) is 4.44. The van der Waals surface area contributed by atoms with Gasteiger partial charge in [0.1, 0.15) is 0 Å². The van der Waals surface area contributed by atoms with Gasteiger partial charge in [-0.15, -0.1) is 0 Å². The standard InChI is InChI=1S/C8H16N2O/c11-8-1-3-10-4-2-9-6-7(10)5-8/h7-9,11H,1-6H2/t7-,8+/m1/s1. The van der Waals surface area contributed by atoms with Crippen LogP contribution in [0.1, 0.15) is 12.8 Å². The molecule has 11 heavy (non-hydrogen) atoms. The van der Waals surface area contributed by atoms with Gasteiger partial charge in [-0.3, -0.25) is 4.90 Å². The Hall–Kier alpha value is -0.120. The number of piperidine rings is 1. The van der Waals surface area contributed by atoms with Crippen LogP contribution in [0.4, 0.5) is 0 Å². The molecule has 2 aliphatic rings. The molecule has 2 rings (SSSR count). The number of rotatable bonds is 0. The van der Waals surface area contributed by atoms with E-state index in [1.54, 1.807) is 0 Å². The lowest BCUT2D eigenvalue weighted by Crippen LogP contribution is -2.55. The summed E-state index contributed by atoms with van der Waals surface area (Å²) < 4.78 is 0. The van der Waals surface area contributed by atoms with Crippen molar-refractivity contribution in [3.63, 3.8) is 0 Å². The van der Waals surface area contributed by atoms with Crippen molar-refractivity contribution >= 4 is 0 Å². The molecular weight excluding hydrogens is 140 g/mol. The number of hydrogen-bond acceptors (Lipinski definition) is 3. The quantitative estimate of drug-likeness (QED) is 0.492. The Morgan fingerprint density at radius 2 is 2.27 bits per heavy atom. The van der Waals surface area contributed by atoms with E-state index in [-0.39, 0.29) is 6.10 Å². The van der Waals surface area contributed by atoms with E-state index in [0.717, 1.165) is 39.0 Å². The first-order valence-corrected chi connectivity index (χ1v) is 4.49. The van der Waals surface area contributed by atoms with Gasteiger partial charge in [-0.2, -0.15) is 0 Å². The third kappa shape index (κ3) is 1.55. The summed E-state index contributed by atoms with van der Waals surface area (Å²) in [5.74, 6) is 0. The highest BCUT2D eigenvalue weighted by Crippen LogP contribution is 2.17. The molecule has 3 nitrogen and oxygen atoms in total. The van der Waals surface area contributed by atoms with E-state index in [0.29, 0.717) is 6.04 Å². The van der Waals surface area contributed by atoms with E-state index in [4.69, 9.17) is 0 Å². The average Bonchev–Trinajstić information content (AvgIpc) is 2.04. The van der Waals surface area contributed by atoms with Crippen molar-refractivity contribution < 1.29 is 5.11 Å². The highest BCUT2D eigenvalue weighted by atomic mass is 16.3. The number of aliphatic hydroxyl groups excluding tert-OH is 1. The second-order valence-corrected chi connectivity index (χ2v) is 3.57. The van der Waals surface area contributed by atoms with Crippen molar-refractivity contribution in [3.05, 3.63) is 0 Å². The Labute approximate surface area is 67.4 Å². The SMILES string of the molecule is O[C@H]1CCN2CCNC[C@H]2C1. The molecule has 0 aliphatic carbocycles. The van der Waals surface area contributed by atoms with Gasteiger partial charge in [0.25, 0.3) is 0 Å². The third-order valence-corrected chi connectivity index (χ3v) is 2.77. The molecule has 2 saturated heterocycles. The fraction of sp³-hybridized carbons (Fsp3) is 1.00. The van der Waals surface area contributed by atoms with Crippen LogP contribution in [0.2, 0.25) is 0 Å². The number of nitrogens with zero attached hydrogens (tertiary/aromatic N) is 1. The number of fused-ring (bicyclic) bond motifs is 1. The van der Waals surface area contributed by atoms with E-state index < -0.39 is 0 Å². The largest absolute Gasteiger partial charge is 0.393 e. The van der Waals surface area contributed by atoms with Crippen LogP contribution in [0, 0.1) is 0 Å². The van der Waals surface area contributed by atoms with Crippen LogP contribution in [-0.2, 0) is 0 Å². The molecule has 0 aromatic carbocycles. The molecule has 0 aromatic rings. The lowest BCUT2D eigenvalue weighted by atomic mass is 9.98. The van der Waals surface area contributed by atoms with E-state index in [2.05, 4.69) is 10.2 Å². The monoisotopic (exact) mass is 156 g/mol. The molecule has 2 N–H and O–H groups in total. The summed E-state index contributed by atoms with van der Waals surface area (Å²) in [7, 11) is 0. The Morgan fingerprint density at radius 1 is 1.36 bits per heavy atom. The summed E-state index contributed by atoms with van der Waals surface area (Å²) in [6.07, 6.45) is 1.89. The predicted octanol–water partition coefficient (Wildman–Crippen LogP) is -0.585. The zero-order valence-corrected chi connectivity index (χ0v) is 6.79.